The van der Waals surface area contributed by atoms with E-state index in [1.54, 1.807) is 13.0 Å². The first-order chi connectivity index (χ1) is 13.7. The molecule has 1 aromatic heterocycles. The van der Waals surface area contributed by atoms with Crippen molar-refractivity contribution >= 4 is 32.6 Å². The van der Waals surface area contributed by atoms with Crippen molar-refractivity contribution in [3.63, 3.8) is 0 Å². The van der Waals surface area contributed by atoms with E-state index in [1.807, 2.05) is 0 Å². The fraction of sp³-hybridized carbons (Fsp3) is 0.300. The summed E-state index contributed by atoms with van der Waals surface area (Å²) in [5, 5.41) is 3.81. The third-order valence-electron chi connectivity index (χ3n) is 4.86. The largest absolute Gasteiger partial charge is 0.417 e. The van der Waals surface area contributed by atoms with Gasteiger partial charge < -0.3 is 10.2 Å². The molecule has 1 saturated heterocycles. The number of carbonyl (C=O) groups is 1. The number of carbonyl (C=O) groups excluding carboxylic acids is 1. The Hall–Kier alpha value is -2.68. The minimum Gasteiger partial charge on any atom is -0.357 e. The van der Waals surface area contributed by atoms with E-state index >= 15 is 0 Å². The van der Waals surface area contributed by atoms with Crippen LogP contribution in [0.25, 0.3) is 10.2 Å². The van der Waals surface area contributed by atoms with Gasteiger partial charge in [-0.2, -0.15) is 13.2 Å². The molecule has 0 unspecified atom stereocenters. The SMILES string of the molecule is Cc1ccc(C(F)(F)F)c(C(=O)N2CC[C@@H](Nc3nc4ccc(F)cc4s3)C2)c1. The van der Waals surface area contributed by atoms with Crippen molar-refractivity contribution < 1.29 is 22.4 Å². The highest BCUT2D eigenvalue weighted by Crippen LogP contribution is 2.34. The smallest absolute Gasteiger partial charge is 0.357 e. The average Bonchev–Trinajstić information content (AvgIpc) is 3.26. The summed E-state index contributed by atoms with van der Waals surface area (Å²) in [6.07, 6.45) is -4.00. The number of benzene rings is 2. The number of aromatic nitrogens is 1. The maximum Gasteiger partial charge on any atom is 0.417 e. The first kappa shape index (κ1) is 19.6. The molecule has 4 nitrogen and oxygen atoms in total. The number of rotatable bonds is 3. The Morgan fingerprint density at radius 2 is 2.03 bits per heavy atom. The second-order valence-corrected chi connectivity index (χ2v) is 8.09. The van der Waals surface area contributed by atoms with Crippen LogP contribution in [0.3, 0.4) is 0 Å². The summed E-state index contributed by atoms with van der Waals surface area (Å²) in [5.74, 6) is -0.972. The molecule has 3 aromatic rings. The lowest BCUT2D eigenvalue weighted by molar-refractivity contribution is -0.138. The van der Waals surface area contributed by atoms with Crippen LogP contribution in [0.4, 0.5) is 22.7 Å². The quantitative estimate of drug-likeness (QED) is 0.597. The molecule has 0 radical (unpaired) electrons. The van der Waals surface area contributed by atoms with E-state index in [2.05, 4.69) is 10.3 Å². The topological polar surface area (TPSA) is 45.2 Å². The molecule has 1 amide bonds. The van der Waals surface area contributed by atoms with E-state index in [9.17, 15) is 22.4 Å². The van der Waals surface area contributed by atoms with Crippen molar-refractivity contribution in [1.82, 2.24) is 9.88 Å². The number of hydrogen-bond donors (Lipinski definition) is 1. The van der Waals surface area contributed by atoms with Crippen molar-refractivity contribution in [1.29, 1.82) is 0 Å². The van der Waals surface area contributed by atoms with Crippen molar-refractivity contribution in [3.8, 4) is 0 Å². The van der Waals surface area contributed by atoms with E-state index in [0.29, 0.717) is 33.9 Å². The molecule has 0 spiro atoms. The van der Waals surface area contributed by atoms with Crippen LogP contribution in [0.5, 0.6) is 0 Å². The van der Waals surface area contributed by atoms with Gasteiger partial charge in [-0.3, -0.25) is 4.79 Å². The van der Waals surface area contributed by atoms with Crippen LogP contribution in [0.1, 0.15) is 27.9 Å². The van der Waals surface area contributed by atoms with Crippen LogP contribution in [0.2, 0.25) is 0 Å². The Bertz CT molecular complexity index is 1080. The minimum absolute atomic E-state index is 0.136. The van der Waals surface area contributed by atoms with Gasteiger partial charge in [0.05, 0.1) is 21.3 Å². The highest BCUT2D eigenvalue weighted by atomic mass is 32.1. The molecular weight excluding hydrogens is 406 g/mol. The van der Waals surface area contributed by atoms with E-state index in [-0.39, 0.29) is 24.0 Å². The Balaban J connectivity index is 1.49. The van der Waals surface area contributed by atoms with Crippen molar-refractivity contribution in [3.05, 3.63) is 58.9 Å². The standard InChI is InChI=1S/C20H17F4N3OS/c1-11-2-4-15(20(22,23)24)14(8-11)18(28)27-7-6-13(10-27)25-19-26-16-5-3-12(21)9-17(16)29-19/h2-5,8-9,13H,6-7,10H2,1H3,(H,25,26)/t13-/m1/s1. The number of anilines is 1. The molecule has 29 heavy (non-hydrogen) atoms. The van der Waals surface area contributed by atoms with Gasteiger partial charge in [0, 0.05) is 19.1 Å². The Morgan fingerprint density at radius 1 is 1.24 bits per heavy atom. The van der Waals surface area contributed by atoms with Gasteiger partial charge in [0.1, 0.15) is 5.82 Å². The zero-order valence-corrected chi connectivity index (χ0v) is 16.2. The van der Waals surface area contributed by atoms with Gasteiger partial charge in [-0.05, 0) is 43.7 Å². The number of aryl methyl sites for hydroxylation is 1. The van der Waals surface area contributed by atoms with Crippen molar-refractivity contribution in [2.45, 2.75) is 25.6 Å². The number of nitrogens with one attached hydrogen (secondary N) is 1. The number of likely N-dealkylation sites (tertiary alicyclic amines) is 1. The summed E-state index contributed by atoms with van der Waals surface area (Å²) < 4.78 is 53.9. The average molecular weight is 423 g/mol. The number of fused-ring (bicyclic) bond motifs is 1. The van der Waals surface area contributed by atoms with Gasteiger partial charge in [0.25, 0.3) is 5.91 Å². The summed E-state index contributed by atoms with van der Waals surface area (Å²) >= 11 is 1.30. The van der Waals surface area contributed by atoms with Gasteiger partial charge >= 0.3 is 6.18 Å². The first-order valence-electron chi connectivity index (χ1n) is 9.00. The zero-order valence-electron chi connectivity index (χ0n) is 15.4. The second-order valence-electron chi connectivity index (χ2n) is 7.06. The molecule has 2 heterocycles. The van der Waals surface area contributed by atoms with Crippen LogP contribution in [-0.2, 0) is 6.18 Å². The maximum absolute atomic E-state index is 13.3. The first-order valence-corrected chi connectivity index (χ1v) is 9.82. The molecule has 9 heteroatoms. The third-order valence-corrected chi connectivity index (χ3v) is 5.81. The van der Waals surface area contributed by atoms with Gasteiger partial charge in [-0.1, -0.05) is 23.0 Å². The number of thiazole rings is 1. The second kappa shape index (κ2) is 7.29. The van der Waals surface area contributed by atoms with Crippen LogP contribution in [0.15, 0.2) is 36.4 Å². The Kier molecular flexibility index (Phi) is 4.94. The Morgan fingerprint density at radius 3 is 2.79 bits per heavy atom. The number of halogens is 4. The predicted molar refractivity (Wildman–Crippen MR) is 104 cm³/mol. The molecule has 0 bridgehead atoms. The molecule has 2 aromatic carbocycles. The molecular formula is C20H17F4N3OS. The molecule has 1 aliphatic rings. The van der Waals surface area contributed by atoms with E-state index in [0.717, 1.165) is 6.07 Å². The van der Waals surface area contributed by atoms with Gasteiger partial charge in [0.2, 0.25) is 0 Å². The summed E-state index contributed by atoms with van der Waals surface area (Å²) in [6, 6.07) is 7.78. The van der Waals surface area contributed by atoms with Crippen LogP contribution < -0.4 is 5.32 Å². The zero-order chi connectivity index (χ0) is 20.8. The summed E-state index contributed by atoms with van der Waals surface area (Å²) in [7, 11) is 0. The van der Waals surface area contributed by atoms with Crippen molar-refractivity contribution in [2.75, 3.05) is 18.4 Å². The van der Waals surface area contributed by atoms with Crippen molar-refractivity contribution in [2.24, 2.45) is 0 Å². The van der Waals surface area contributed by atoms with Gasteiger partial charge in [0.15, 0.2) is 5.13 Å². The molecule has 0 saturated carbocycles. The van der Waals surface area contributed by atoms with Gasteiger partial charge in [-0.25, -0.2) is 9.37 Å². The number of hydrogen-bond acceptors (Lipinski definition) is 4. The number of amides is 1. The van der Waals surface area contributed by atoms with Crippen LogP contribution >= 0.6 is 11.3 Å². The van der Waals surface area contributed by atoms with Gasteiger partial charge in [-0.15, -0.1) is 0 Å². The van der Waals surface area contributed by atoms with E-state index < -0.39 is 17.6 Å². The lowest BCUT2D eigenvalue weighted by Gasteiger charge is -2.20. The van der Waals surface area contributed by atoms with Crippen LogP contribution in [0, 0.1) is 12.7 Å². The summed E-state index contributed by atoms with van der Waals surface area (Å²) in [5.41, 5.74) is 0.0164. The van der Waals surface area contributed by atoms with E-state index in [4.69, 9.17) is 0 Å². The highest BCUT2D eigenvalue weighted by Gasteiger charge is 2.37. The maximum atomic E-state index is 13.3. The fourth-order valence-electron chi connectivity index (χ4n) is 3.45. The number of alkyl halides is 3. The molecule has 4 rings (SSSR count). The normalized spacial score (nSPS) is 17.1. The summed E-state index contributed by atoms with van der Waals surface area (Å²) in [4.78, 5) is 18.6. The summed E-state index contributed by atoms with van der Waals surface area (Å²) in [6.45, 7) is 2.27. The van der Waals surface area contributed by atoms with Crippen LogP contribution in [-0.4, -0.2) is 34.9 Å². The molecule has 1 N–H and O–H groups in total. The van der Waals surface area contributed by atoms with E-state index in [1.165, 1.54) is 40.5 Å². The monoisotopic (exact) mass is 423 g/mol. The number of nitrogens with zero attached hydrogens (tertiary/aromatic N) is 2. The fourth-order valence-corrected chi connectivity index (χ4v) is 4.42. The lowest BCUT2D eigenvalue weighted by atomic mass is 10.0. The molecule has 152 valence electrons. The third kappa shape index (κ3) is 4.05. The highest BCUT2D eigenvalue weighted by molar-refractivity contribution is 7.22. The molecule has 1 atom stereocenters. The minimum atomic E-state index is -4.59. The Labute approximate surface area is 168 Å². The molecule has 1 fully saturated rings. The predicted octanol–water partition coefficient (Wildman–Crippen LogP) is 5.09. The lowest BCUT2D eigenvalue weighted by Crippen LogP contribution is -2.33. The molecule has 1 aliphatic heterocycles. The molecule has 0 aliphatic carbocycles.